The molecule has 4 nitrogen and oxygen atoms in total. The first-order chi connectivity index (χ1) is 8.22. The van der Waals surface area contributed by atoms with E-state index >= 15 is 0 Å². The molecule has 1 aromatic heterocycles. The second-order valence-electron chi connectivity index (χ2n) is 4.17. The highest BCUT2D eigenvalue weighted by atomic mass is 16.5. The van der Waals surface area contributed by atoms with Crippen molar-refractivity contribution >= 4 is 0 Å². The van der Waals surface area contributed by atoms with Crippen molar-refractivity contribution in [1.82, 2.24) is 15.3 Å². The Balaban J connectivity index is 2.78. The fourth-order valence-electron chi connectivity index (χ4n) is 1.67. The number of aromatic nitrogens is 2. The van der Waals surface area contributed by atoms with Crippen LogP contribution in [-0.2, 0) is 11.3 Å². The van der Waals surface area contributed by atoms with Gasteiger partial charge in [-0.3, -0.25) is 0 Å². The Morgan fingerprint density at radius 2 is 2.18 bits per heavy atom. The Hall–Kier alpha value is -1.00. The number of rotatable bonds is 7. The van der Waals surface area contributed by atoms with Crippen LogP contribution in [0.4, 0.5) is 0 Å². The molecule has 0 bridgehead atoms. The summed E-state index contributed by atoms with van der Waals surface area (Å²) in [5.41, 5.74) is 2.20. The molecule has 0 aliphatic rings. The largest absolute Gasteiger partial charge is 0.373 e. The van der Waals surface area contributed by atoms with Gasteiger partial charge in [-0.15, -0.1) is 0 Å². The zero-order chi connectivity index (χ0) is 12.7. The van der Waals surface area contributed by atoms with Crippen molar-refractivity contribution in [2.45, 2.75) is 46.3 Å². The van der Waals surface area contributed by atoms with E-state index in [-0.39, 0.29) is 6.10 Å². The van der Waals surface area contributed by atoms with Gasteiger partial charge in [0.05, 0.1) is 5.69 Å². The fourth-order valence-corrected chi connectivity index (χ4v) is 1.67. The number of methoxy groups -OCH3 is 1. The predicted molar refractivity (Wildman–Crippen MR) is 68.8 cm³/mol. The Bertz CT molecular complexity index is 337. The number of hydrogen-bond acceptors (Lipinski definition) is 4. The average Bonchev–Trinajstić information content (AvgIpc) is 2.34. The Labute approximate surface area is 104 Å². The topological polar surface area (TPSA) is 47.0 Å². The molecule has 0 aliphatic heterocycles. The van der Waals surface area contributed by atoms with Crippen LogP contribution in [0.2, 0.25) is 0 Å². The van der Waals surface area contributed by atoms with E-state index in [2.05, 4.69) is 29.1 Å². The van der Waals surface area contributed by atoms with Crippen molar-refractivity contribution in [1.29, 1.82) is 0 Å². The maximum absolute atomic E-state index is 5.36. The van der Waals surface area contributed by atoms with Gasteiger partial charge in [0, 0.05) is 19.9 Å². The zero-order valence-corrected chi connectivity index (χ0v) is 11.3. The van der Waals surface area contributed by atoms with Crippen LogP contribution in [0.3, 0.4) is 0 Å². The van der Waals surface area contributed by atoms with Gasteiger partial charge in [-0.25, -0.2) is 9.97 Å². The van der Waals surface area contributed by atoms with Crippen LogP contribution in [0.5, 0.6) is 0 Å². The second kappa shape index (κ2) is 7.35. The lowest BCUT2D eigenvalue weighted by Crippen LogP contribution is -2.17. The lowest BCUT2D eigenvalue weighted by atomic mass is 10.2. The minimum atomic E-state index is 0.000486. The third kappa shape index (κ3) is 4.06. The van der Waals surface area contributed by atoms with E-state index in [1.807, 2.05) is 13.1 Å². The first-order valence-electron chi connectivity index (χ1n) is 6.28. The highest BCUT2D eigenvalue weighted by Crippen LogP contribution is 2.16. The molecule has 1 rings (SSSR count). The predicted octanol–water partition coefficient (Wildman–Crippen LogP) is 2.38. The van der Waals surface area contributed by atoms with Crippen LogP contribution in [0, 0.1) is 6.92 Å². The van der Waals surface area contributed by atoms with Gasteiger partial charge in [0.2, 0.25) is 0 Å². The molecule has 1 unspecified atom stereocenters. The maximum Gasteiger partial charge on any atom is 0.157 e. The molecule has 0 saturated carbocycles. The molecular formula is C13H23N3O. The third-order valence-electron chi connectivity index (χ3n) is 2.76. The van der Waals surface area contributed by atoms with Gasteiger partial charge in [-0.2, -0.15) is 0 Å². The van der Waals surface area contributed by atoms with E-state index < -0.39 is 0 Å². The molecule has 96 valence electrons. The van der Waals surface area contributed by atoms with Crippen LogP contribution in [0.1, 0.15) is 49.9 Å². The average molecular weight is 237 g/mol. The van der Waals surface area contributed by atoms with E-state index in [0.29, 0.717) is 0 Å². The number of aryl methyl sites for hydroxylation is 1. The molecular weight excluding hydrogens is 214 g/mol. The van der Waals surface area contributed by atoms with Gasteiger partial charge >= 0.3 is 0 Å². The standard InChI is InChI=1S/C13H23N3O/c1-5-7-14-9-11-10(3)8-15-13(16-11)12(6-2)17-4/h8,12,14H,5-7,9H2,1-4H3. The monoisotopic (exact) mass is 237 g/mol. The highest BCUT2D eigenvalue weighted by Gasteiger charge is 2.12. The maximum atomic E-state index is 5.36. The Kier molecular flexibility index (Phi) is 6.08. The van der Waals surface area contributed by atoms with E-state index in [0.717, 1.165) is 43.0 Å². The van der Waals surface area contributed by atoms with E-state index in [1.165, 1.54) is 0 Å². The van der Waals surface area contributed by atoms with Crippen molar-refractivity contribution < 1.29 is 4.74 Å². The van der Waals surface area contributed by atoms with Crippen LogP contribution in [0.25, 0.3) is 0 Å². The molecule has 0 amide bonds. The molecule has 0 aromatic carbocycles. The summed E-state index contributed by atoms with van der Waals surface area (Å²) >= 11 is 0. The van der Waals surface area contributed by atoms with Gasteiger partial charge < -0.3 is 10.1 Å². The van der Waals surface area contributed by atoms with Gasteiger partial charge in [-0.05, 0) is 31.9 Å². The zero-order valence-electron chi connectivity index (χ0n) is 11.3. The van der Waals surface area contributed by atoms with E-state index in [9.17, 15) is 0 Å². The lowest BCUT2D eigenvalue weighted by Gasteiger charge is -2.14. The number of hydrogen-bond donors (Lipinski definition) is 1. The van der Waals surface area contributed by atoms with Crippen molar-refractivity contribution in [3.63, 3.8) is 0 Å². The molecule has 17 heavy (non-hydrogen) atoms. The van der Waals surface area contributed by atoms with Crippen molar-refractivity contribution in [2.75, 3.05) is 13.7 Å². The van der Waals surface area contributed by atoms with Crippen LogP contribution < -0.4 is 5.32 Å². The smallest absolute Gasteiger partial charge is 0.157 e. The van der Waals surface area contributed by atoms with Gasteiger partial charge in [-0.1, -0.05) is 13.8 Å². The molecule has 0 spiro atoms. The number of nitrogens with one attached hydrogen (secondary N) is 1. The second-order valence-corrected chi connectivity index (χ2v) is 4.17. The summed E-state index contributed by atoms with van der Waals surface area (Å²) in [6.07, 6.45) is 3.90. The van der Waals surface area contributed by atoms with Crippen molar-refractivity contribution in [2.24, 2.45) is 0 Å². The Morgan fingerprint density at radius 3 is 2.76 bits per heavy atom. The molecule has 0 radical (unpaired) electrons. The molecule has 4 heteroatoms. The van der Waals surface area contributed by atoms with Gasteiger partial charge in [0.15, 0.2) is 5.82 Å². The summed E-state index contributed by atoms with van der Waals surface area (Å²) in [5, 5.41) is 3.36. The summed E-state index contributed by atoms with van der Waals surface area (Å²) in [6.45, 7) is 8.09. The Morgan fingerprint density at radius 1 is 1.41 bits per heavy atom. The summed E-state index contributed by atoms with van der Waals surface area (Å²) in [6, 6.07) is 0. The normalized spacial score (nSPS) is 12.7. The summed E-state index contributed by atoms with van der Waals surface area (Å²) in [5.74, 6) is 0.786. The van der Waals surface area contributed by atoms with E-state index in [4.69, 9.17) is 4.74 Å². The van der Waals surface area contributed by atoms with Gasteiger partial charge in [0.25, 0.3) is 0 Å². The van der Waals surface area contributed by atoms with Crippen molar-refractivity contribution in [3.8, 4) is 0 Å². The molecule has 0 aliphatic carbocycles. The molecule has 1 aromatic rings. The number of ether oxygens (including phenoxy) is 1. The van der Waals surface area contributed by atoms with Crippen LogP contribution in [0.15, 0.2) is 6.20 Å². The first kappa shape index (κ1) is 14.1. The minimum Gasteiger partial charge on any atom is -0.373 e. The molecule has 1 N–H and O–H groups in total. The van der Waals surface area contributed by atoms with Gasteiger partial charge in [0.1, 0.15) is 6.10 Å². The van der Waals surface area contributed by atoms with Crippen LogP contribution in [-0.4, -0.2) is 23.6 Å². The third-order valence-corrected chi connectivity index (χ3v) is 2.76. The number of nitrogens with zero attached hydrogens (tertiary/aromatic N) is 2. The molecule has 1 atom stereocenters. The first-order valence-corrected chi connectivity index (χ1v) is 6.28. The summed E-state index contributed by atoms with van der Waals surface area (Å²) < 4.78 is 5.36. The fraction of sp³-hybridized carbons (Fsp3) is 0.692. The molecule has 1 heterocycles. The SMILES string of the molecule is CCCNCc1nc(C(CC)OC)ncc1C. The molecule has 0 saturated heterocycles. The van der Waals surface area contributed by atoms with Crippen molar-refractivity contribution in [3.05, 3.63) is 23.3 Å². The quantitative estimate of drug-likeness (QED) is 0.740. The minimum absolute atomic E-state index is 0.000486. The van der Waals surface area contributed by atoms with E-state index in [1.54, 1.807) is 7.11 Å². The molecule has 0 fully saturated rings. The van der Waals surface area contributed by atoms with Crippen LogP contribution >= 0.6 is 0 Å². The summed E-state index contributed by atoms with van der Waals surface area (Å²) in [4.78, 5) is 8.93. The highest BCUT2D eigenvalue weighted by molar-refractivity contribution is 5.16. The lowest BCUT2D eigenvalue weighted by molar-refractivity contribution is 0.0923. The summed E-state index contributed by atoms with van der Waals surface area (Å²) in [7, 11) is 1.70.